The molecule has 1 saturated carbocycles. The number of ether oxygens (including phenoxy) is 2. The highest BCUT2D eigenvalue weighted by molar-refractivity contribution is 5.81. The number of halogens is 2. The van der Waals surface area contributed by atoms with Gasteiger partial charge in [0.25, 0.3) is 5.56 Å². The predicted octanol–water partition coefficient (Wildman–Crippen LogP) is 8.80. The largest absolute Gasteiger partial charge is 0.498 e. The first-order valence-electron chi connectivity index (χ1n) is 17.6. The first kappa shape index (κ1) is 42.2. The molecule has 1 N–H and O–H groups in total. The Bertz CT molecular complexity index is 1610. The van der Waals surface area contributed by atoms with Crippen LogP contribution in [0.2, 0.25) is 0 Å². The fraction of sp³-hybridized carbons (Fsp3) is 0.512. The maximum Gasteiger partial charge on any atom is 0.254 e. The van der Waals surface area contributed by atoms with Gasteiger partial charge in [-0.1, -0.05) is 38.1 Å². The van der Waals surface area contributed by atoms with Gasteiger partial charge in [0, 0.05) is 44.3 Å². The average molecular weight is 696 g/mol. The van der Waals surface area contributed by atoms with Gasteiger partial charge in [-0.25, -0.2) is 8.78 Å². The smallest absolute Gasteiger partial charge is 0.254 e. The van der Waals surface area contributed by atoms with Crippen molar-refractivity contribution in [2.75, 3.05) is 41.4 Å². The molecule has 1 aliphatic rings. The summed E-state index contributed by atoms with van der Waals surface area (Å²) in [5, 5.41) is 2.58. The zero-order valence-corrected chi connectivity index (χ0v) is 32.0. The maximum atomic E-state index is 14.9. The SMILES string of the molecule is C=C(C)/C=C(\C=C(/F)CCC(OCC)=C1CCC1)c1c(C)ccc(OC)c1C.CNC(=O)C(CC(C)C)n1cc(CCN(C)C)c(F)cc1=O. The van der Waals surface area contributed by atoms with Crippen molar-refractivity contribution >= 4 is 11.5 Å². The number of aromatic nitrogens is 1. The molecule has 50 heavy (non-hydrogen) atoms. The summed E-state index contributed by atoms with van der Waals surface area (Å²) < 4.78 is 41.4. The van der Waals surface area contributed by atoms with Gasteiger partial charge in [0.1, 0.15) is 23.4 Å². The molecule has 1 unspecified atom stereocenters. The summed E-state index contributed by atoms with van der Waals surface area (Å²) >= 11 is 0. The number of hydrogen-bond acceptors (Lipinski definition) is 5. The molecular weight excluding hydrogens is 636 g/mol. The van der Waals surface area contributed by atoms with E-state index >= 15 is 0 Å². The topological polar surface area (TPSA) is 72.8 Å². The highest BCUT2D eigenvalue weighted by Gasteiger charge is 2.23. The van der Waals surface area contributed by atoms with Crippen LogP contribution in [0.3, 0.4) is 0 Å². The normalized spacial score (nSPS) is 13.8. The van der Waals surface area contributed by atoms with E-state index in [9.17, 15) is 18.4 Å². The Balaban J connectivity index is 0.000000358. The summed E-state index contributed by atoms with van der Waals surface area (Å²) in [6.07, 6.45) is 10.4. The van der Waals surface area contributed by atoms with Crippen LogP contribution in [0.5, 0.6) is 5.75 Å². The number of aryl methyl sites for hydroxylation is 1. The molecule has 0 spiro atoms. The van der Waals surface area contributed by atoms with Crippen LogP contribution in [0.1, 0.15) is 94.5 Å². The molecule has 9 heteroatoms. The Morgan fingerprint density at radius 2 is 1.84 bits per heavy atom. The zero-order valence-electron chi connectivity index (χ0n) is 32.0. The van der Waals surface area contributed by atoms with Crippen LogP contribution in [0.4, 0.5) is 8.78 Å². The van der Waals surface area contributed by atoms with E-state index in [1.165, 1.54) is 29.8 Å². The second-order valence-corrected chi connectivity index (χ2v) is 13.6. The van der Waals surface area contributed by atoms with Crippen molar-refractivity contribution < 1.29 is 23.0 Å². The van der Waals surface area contributed by atoms with Crippen molar-refractivity contribution in [1.82, 2.24) is 14.8 Å². The number of methoxy groups -OCH3 is 1. The van der Waals surface area contributed by atoms with Crippen LogP contribution in [0.25, 0.3) is 5.57 Å². The third-order valence-corrected chi connectivity index (χ3v) is 8.62. The number of pyridine rings is 1. The molecule has 1 heterocycles. The first-order valence-corrected chi connectivity index (χ1v) is 17.6. The van der Waals surface area contributed by atoms with Crippen LogP contribution in [-0.2, 0) is 16.0 Å². The summed E-state index contributed by atoms with van der Waals surface area (Å²) in [6.45, 7) is 17.2. The molecule has 0 aliphatic heterocycles. The van der Waals surface area contributed by atoms with Gasteiger partial charge in [-0.05, 0) is 120 Å². The molecule has 1 atom stereocenters. The Labute approximate surface area is 298 Å². The van der Waals surface area contributed by atoms with E-state index in [2.05, 4.69) is 11.9 Å². The Morgan fingerprint density at radius 1 is 1.16 bits per heavy atom. The molecule has 0 radical (unpaired) electrons. The Morgan fingerprint density at radius 3 is 2.36 bits per heavy atom. The highest BCUT2D eigenvalue weighted by atomic mass is 19.1. The fourth-order valence-electron chi connectivity index (χ4n) is 5.88. The van der Waals surface area contributed by atoms with Crippen LogP contribution < -0.4 is 15.6 Å². The number of likely N-dealkylation sites (N-methyl/N-ethyl adjacent to an activating group) is 2. The van der Waals surface area contributed by atoms with E-state index in [-0.39, 0.29) is 17.7 Å². The van der Waals surface area contributed by atoms with Gasteiger partial charge in [0.2, 0.25) is 5.91 Å². The molecule has 3 rings (SSSR count). The number of hydrogen-bond donors (Lipinski definition) is 1. The lowest BCUT2D eigenvalue weighted by Gasteiger charge is -2.22. The van der Waals surface area contributed by atoms with Crippen LogP contribution >= 0.6 is 0 Å². The van der Waals surface area contributed by atoms with Gasteiger partial charge < -0.3 is 24.3 Å². The Kier molecular flexibility index (Phi) is 17.4. The van der Waals surface area contributed by atoms with Gasteiger partial charge >= 0.3 is 0 Å². The number of amides is 1. The summed E-state index contributed by atoms with van der Waals surface area (Å²) in [5.41, 5.74) is 6.12. The van der Waals surface area contributed by atoms with E-state index in [4.69, 9.17) is 9.47 Å². The number of nitrogens with zero attached hydrogens (tertiary/aromatic N) is 2. The quantitative estimate of drug-likeness (QED) is 0.140. The zero-order chi connectivity index (χ0) is 37.5. The van der Waals surface area contributed by atoms with Crippen molar-refractivity contribution in [2.45, 2.75) is 92.5 Å². The molecular formula is C41H59F2N3O4. The molecule has 0 bridgehead atoms. The number of carbonyl (C=O) groups is 1. The minimum atomic E-state index is -0.615. The van der Waals surface area contributed by atoms with Crippen molar-refractivity contribution in [2.24, 2.45) is 5.92 Å². The van der Waals surface area contributed by atoms with Crippen LogP contribution in [0, 0.1) is 25.6 Å². The number of nitrogens with one attached hydrogen (secondary N) is 1. The molecule has 1 amide bonds. The predicted molar refractivity (Wildman–Crippen MR) is 202 cm³/mol. The van der Waals surface area contributed by atoms with Gasteiger partial charge in [-0.15, -0.1) is 0 Å². The van der Waals surface area contributed by atoms with E-state index in [1.807, 2.05) is 78.7 Å². The number of rotatable bonds is 16. The van der Waals surface area contributed by atoms with E-state index in [0.29, 0.717) is 44.4 Å². The molecule has 276 valence electrons. The standard InChI is InChI=1S/C25H33FO2.C16H26FN3O2/c1-7-28-24(20-9-8-10-20)14-12-22(26)16-21(15-17(2)3)25-18(4)11-13-23(27-6)19(25)5;1-11(2)8-14(16(22)18-3)20-10-12(6-7-19(4)5)13(17)9-15(20)21/h11,13,15-16H,2,7-10,12,14H2,1,3-6H3;9-11,14H,6-8H2,1-5H3,(H,18,22)/b21-15+,22-16-;. The molecule has 2 aromatic rings. The number of allylic oxidation sites excluding steroid dienone is 7. The minimum Gasteiger partial charge on any atom is -0.498 e. The summed E-state index contributed by atoms with van der Waals surface area (Å²) in [4.78, 5) is 26.1. The second kappa shape index (κ2) is 20.6. The molecule has 7 nitrogen and oxygen atoms in total. The van der Waals surface area contributed by atoms with E-state index < -0.39 is 17.4 Å². The summed E-state index contributed by atoms with van der Waals surface area (Å²) in [5.74, 6) is 1.13. The van der Waals surface area contributed by atoms with Gasteiger partial charge in [-0.3, -0.25) is 9.59 Å². The number of benzene rings is 1. The average Bonchev–Trinajstić information content (AvgIpc) is 3.01. The highest BCUT2D eigenvalue weighted by Crippen LogP contribution is 2.34. The third kappa shape index (κ3) is 12.7. The van der Waals surface area contributed by atoms with Crippen molar-refractivity contribution in [3.05, 3.63) is 104 Å². The molecule has 1 fully saturated rings. The summed E-state index contributed by atoms with van der Waals surface area (Å²) in [7, 11) is 7.00. The summed E-state index contributed by atoms with van der Waals surface area (Å²) in [6, 6.07) is 4.32. The Hall–Kier alpha value is -3.98. The monoisotopic (exact) mass is 695 g/mol. The lowest BCUT2D eigenvalue weighted by Crippen LogP contribution is -2.36. The van der Waals surface area contributed by atoms with Crippen molar-refractivity contribution in [3.8, 4) is 5.75 Å². The van der Waals surface area contributed by atoms with Crippen molar-refractivity contribution in [1.29, 1.82) is 0 Å². The first-order chi connectivity index (χ1) is 23.6. The fourth-order valence-corrected chi connectivity index (χ4v) is 5.88. The molecule has 1 aliphatic carbocycles. The lowest BCUT2D eigenvalue weighted by atomic mass is 9.90. The van der Waals surface area contributed by atoms with Crippen molar-refractivity contribution in [3.63, 3.8) is 0 Å². The molecule has 1 aromatic heterocycles. The number of carbonyl (C=O) groups excluding carboxylic acids is 1. The minimum absolute atomic E-state index is 0.147. The second-order valence-electron chi connectivity index (χ2n) is 13.6. The van der Waals surface area contributed by atoms with Gasteiger partial charge in [0.15, 0.2) is 0 Å². The maximum absolute atomic E-state index is 14.9. The molecule has 0 saturated heterocycles. The van der Waals surface area contributed by atoms with Crippen LogP contribution in [0.15, 0.2) is 70.7 Å². The lowest BCUT2D eigenvalue weighted by molar-refractivity contribution is -0.124. The van der Waals surface area contributed by atoms with E-state index in [1.54, 1.807) is 13.2 Å². The van der Waals surface area contributed by atoms with Gasteiger partial charge in [-0.2, -0.15) is 0 Å². The van der Waals surface area contributed by atoms with E-state index in [0.717, 1.165) is 58.3 Å². The third-order valence-electron chi connectivity index (χ3n) is 8.62. The van der Waals surface area contributed by atoms with Crippen LogP contribution in [-0.4, -0.2) is 56.8 Å². The van der Waals surface area contributed by atoms with Gasteiger partial charge in [0.05, 0.1) is 19.5 Å². The molecule has 1 aromatic carbocycles.